The molecule has 1 fully saturated rings. The minimum Gasteiger partial charge on any atom is -0.497 e. The Hall–Kier alpha value is -2.84. The van der Waals surface area contributed by atoms with Gasteiger partial charge >= 0.3 is 0 Å². The van der Waals surface area contributed by atoms with Crippen LogP contribution in [0.15, 0.2) is 35.7 Å². The van der Waals surface area contributed by atoms with Crippen LogP contribution >= 0.6 is 11.3 Å². The second-order valence-corrected chi connectivity index (χ2v) is 10.1. The van der Waals surface area contributed by atoms with Crippen molar-refractivity contribution in [2.45, 2.75) is 78.2 Å². The number of unbranched alkanes of at least 4 members (excludes halogenated alkanes) is 1. The molecule has 7 nitrogen and oxygen atoms in total. The van der Waals surface area contributed by atoms with Gasteiger partial charge in [-0.25, -0.2) is 4.98 Å². The molecule has 1 aromatic carbocycles. The van der Waals surface area contributed by atoms with Crippen molar-refractivity contribution in [1.29, 1.82) is 0 Å². The van der Waals surface area contributed by atoms with Crippen molar-refractivity contribution in [3.8, 4) is 22.9 Å². The molecule has 36 heavy (non-hydrogen) atoms. The summed E-state index contributed by atoms with van der Waals surface area (Å²) in [7, 11) is 1.64. The summed E-state index contributed by atoms with van der Waals surface area (Å²) in [5.74, 6) is 1.53. The third kappa shape index (κ3) is 6.10. The van der Waals surface area contributed by atoms with E-state index in [9.17, 15) is 4.79 Å². The first-order valence-electron chi connectivity index (χ1n) is 12.9. The minimum absolute atomic E-state index is 0.0215. The highest BCUT2D eigenvalue weighted by molar-refractivity contribution is 7.09. The lowest BCUT2D eigenvalue weighted by atomic mass is 10.1. The van der Waals surface area contributed by atoms with Gasteiger partial charge in [0.15, 0.2) is 0 Å². The third-order valence-corrected chi connectivity index (χ3v) is 7.52. The lowest BCUT2D eigenvalue weighted by Crippen LogP contribution is -2.34. The standard InChI is InChI=1S/C28H37N3O4S/c1-5-7-9-20(6-2)29-28(32)23-16-25(31(19(23)3)27-10-8-15-34-27)24-18-36-26(30-24)17-35-22-13-11-21(33-4)12-14-22/h11-14,16,18,20,27H,5-10,15,17H2,1-4H3,(H,29,32). The molecule has 2 atom stereocenters. The Balaban J connectivity index is 1.55. The molecular weight excluding hydrogens is 474 g/mol. The van der Waals surface area contributed by atoms with Crippen LogP contribution in [0.3, 0.4) is 0 Å². The zero-order chi connectivity index (χ0) is 25.5. The Morgan fingerprint density at radius 3 is 2.72 bits per heavy atom. The molecule has 0 spiro atoms. The van der Waals surface area contributed by atoms with Crippen LogP contribution in [0.5, 0.6) is 11.5 Å². The van der Waals surface area contributed by atoms with E-state index in [2.05, 4.69) is 23.7 Å². The Kier molecular flexibility index (Phi) is 9.04. The van der Waals surface area contributed by atoms with Crippen LogP contribution in [0, 0.1) is 6.92 Å². The number of carbonyl (C=O) groups excluding carboxylic acids is 1. The molecule has 1 aliphatic heterocycles. The lowest BCUT2D eigenvalue weighted by molar-refractivity contribution is 0.0565. The van der Waals surface area contributed by atoms with Gasteiger partial charge in [-0.2, -0.15) is 0 Å². The van der Waals surface area contributed by atoms with Gasteiger partial charge in [-0.05, 0) is 62.9 Å². The van der Waals surface area contributed by atoms with Crippen LogP contribution in [0.1, 0.15) is 79.7 Å². The van der Waals surface area contributed by atoms with E-state index in [1.54, 1.807) is 18.4 Å². The number of thiazole rings is 1. The Bertz CT molecular complexity index is 1130. The summed E-state index contributed by atoms with van der Waals surface area (Å²) in [4.78, 5) is 18.2. The fourth-order valence-corrected chi connectivity index (χ4v) is 5.29. The fraction of sp³-hybridized carbons (Fsp3) is 0.500. The first kappa shape index (κ1) is 26.2. The van der Waals surface area contributed by atoms with Gasteiger partial charge in [-0.3, -0.25) is 4.79 Å². The predicted molar refractivity (Wildman–Crippen MR) is 143 cm³/mol. The van der Waals surface area contributed by atoms with Crippen molar-refractivity contribution in [3.05, 3.63) is 52.0 Å². The normalized spacial score (nSPS) is 16.2. The van der Waals surface area contributed by atoms with Crippen LogP contribution in [0.4, 0.5) is 0 Å². The van der Waals surface area contributed by atoms with Gasteiger partial charge in [-0.1, -0.05) is 26.7 Å². The number of nitrogens with zero attached hydrogens (tertiary/aromatic N) is 2. The highest BCUT2D eigenvalue weighted by Crippen LogP contribution is 2.35. The molecule has 194 valence electrons. The predicted octanol–water partition coefficient (Wildman–Crippen LogP) is 6.52. The Morgan fingerprint density at radius 2 is 2.06 bits per heavy atom. The van der Waals surface area contributed by atoms with E-state index < -0.39 is 0 Å². The van der Waals surface area contributed by atoms with Crippen molar-refractivity contribution in [2.24, 2.45) is 0 Å². The van der Waals surface area contributed by atoms with Gasteiger partial charge in [0.25, 0.3) is 5.91 Å². The monoisotopic (exact) mass is 511 g/mol. The molecule has 3 heterocycles. The van der Waals surface area contributed by atoms with Crippen LogP contribution in [-0.4, -0.2) is 35.2 Å². The summed E-state index contributed by atoms with van der Waals surface area (Å²) in [6.07, 6.45) is 6.02. The van der Waals surface area contributed by atoms with Crippen molar-refractivity contribution < 1.29 is 19.0 Å². The molecule has 1 N–H and O–H groups in total. The number of ether oxygens (including phenoxy) is 3. The molecule has 0 bridgehead atoms. The molecule has 0 aliphatic carbocycles. The average molecular weight is 512 g/mol. The summed E-state index contributed by atoms with van der Waals surface area (Å²) < 4.78 is 19.3. The SMILES string of the molecule is CCCCC(CC)NC(=O)c1cc(-c2csc(COc3ccc(OC)cc3)n2)n(C2CCCO2)c1C. The zero-order valence-electron chi connectivity index (χ0n) is 21.7. The van der Waals surface area contributed by atoms with Crippen molar-refractivity contribution in [2.75, 3.05) is 13.7 Å². The summed E-state index contributed by atoms with van der Waals surface area (Å²) >= 11 is 1.55. The molecule has 1 saturated heterocycles. The second-order valence-electron chi connectivity index (χ2n) is 9.18. The van der Waals surface area contributed by atoms with Crippen molar-refractivity contribution >= 4 is 17.2 Å². The Morgan fingerprint density at radius 1 is 1.28 bits per heavy atom. The van der Waals surface area contributed by atoms with E-state index in [-0.39, 0.29) is 18.2 Å². The smallest absolute Gasteiger partial charge is 0.253 e. The van der Waals surface area contributed by atoms with E-state index in [4.69, 9.17) is 19.2 Å². The van der Waals surface area contributed by atoms with Crippen molar-refractivity contribution in [3.63, 3.8) is 0 Å². The molecule has 4 rings (SSSR count). The van der Waals surface area contributed by atoms with Gasteiger partial charge in [0, 0.05) is 23.7 Å². The van der Waals surface area contributed by atoms with Crippen LogP contribution in [-0.2, 0) is 11.3 Å². The van der Waals surface area contributed by atoms with Crippen LogP contribution in [0.2, 0.25) is 0 Å². The van der Waals surface area contributed by atoms with Crippen LogP contribution in [0.25, 0.3) is 11.4 Å². The molecular formula is C28H37N3O4S. The number of carbonyl (C=O) groups is 1. The number of hydrogen-bond acceptors (Lipinski definition) is 6. The van der Waals surface area contributed by atoms with Gasteiger partial charge in [0.05, 0.1) is 24.1 Å². The van der Waals surface area contributed by atoms with Crippen LogP contribution < -0.4 is 14.8 Å². The number of nitrogens with one attached hydrogen (secondary N) is 1. The molecule has 0 radical (unpaired) electrons. The van der Waals surface area contributed by atoms with E-state index in [0.29, 0.717) is 12.2 Å². The van der Waals surface area contributed by atoms with Gasteiger partial charge in [-0.15, -0.1) is 11.3 Å². The summed E-state index contributed by atoms with van der Waals surface area (Å²) in [6, 6.07) is 9.67. The maximum atomic E-state index is 13.3. The highest BCUT2D eigenvalue weighted by Gasteiger charge is 2.28. The van der Waals surface area contributed by atoms with Gasteiger partial charge < -0.3 is 24.1 Å². The maximum Gasteiger partial charge on any atom is 0.253 e. The zero-order valence-corrected chi connectivity index (χ0v) is 22.5. The number of rotatable bonds is 12. The molecule has 2 aromatic heterocycles. The topological polar surface area (TPSA) is 74.6 Å². The van der Waals surface area contributed by atoms with E-state index in [0.717, 1.165) is 78.7 Å². The largest absolute Gasteiger partial charge is 0.497 e. The van der Waals surface area contributed by atoms with Crippen molar-refractivity contribution in [1.82, 2.24) is 14.9 Å². The molecule has 1 amide bonds. The number of methoxy groups -OCH3 is 1. The number of benzene rings is 1. The summed E-state index contributed by atoms with van der Waals surface area (Å²) in [6.45, 7) is 7.42. The minimum atomic E-state index is -0.0793. The molecule has 8 heteroatoms. The number of hydrogen-bond donors (Lipinski definition) is 1. The highest BCUT2D eigenvalue weighted by atomic mass is 32.1. The van der Waals surface area contributed by atoms with Gasteiger partial charge in [0.2, 0.25) is 0 Å². The third-order valence-electron chi connectivity index (χ3n) is 6.70. The summed E-state index contributed by atoms with van der Waals surface area (Å²) in [5.41, 5.74) is 3.37. The fourth-order valence-electron chi connectivity index (χ4n) is 4.59. The maximum absolute atomic E-state index is 13.3. The quantitative estimate of drug-likeness (QED) is 0.300. The number of aromatic nitrogens is 2. The summed E-state index contributed by atoms with van der Waals surface area (Å²) in [5, 5.41) is 6.16. The second kappa shape index (κ2) is 12.4. The molecule has 1 aliphatic rings. The number of amides is 1. The molecule has 2 unspecified atom stereocenters. The first-order chi connectivity index (χ1) is 17.5. The van der Waals surface area contributed by atoms with E-state index >= 15 is 0 Å². The lowest BCUT2D eigenvalue weighted by Gasteiger charge is -2.19. The average Bonchev–Trinajstić information content (AvgIpc) is 3.65. The van der Waals surface area contributed by atoms with E-state index in [1.165, 1.54) is 0 Å². The molecule has 3 aromatic rings. The first-order valence-corrected chi connectivity index (χ1v) is 13.8. The van der Waals surface area contributed by atoms with Gasteiger partial charge in [0.1, 0.15) is 29.3 Å². The Labute approximate surface area is 217 Å². The molecule has 0 saturated carbocycles. The van der Waals surface area contributed by atoms with E-state index in [1.807, 2.05) is 42.6 Å².